The SMILES string of the molecule is Cc1noc(NS(=O)(=O)c2ccccc2-c2ccc(Cn3c(C)nc(C)c3C(N)=O)cc2)c1C. The minimum absolute atomic E-state index is 0.0962. The van der Waals surface area contributed by atoms with Crippen molar-refractivity contribution in [3.05, 3.63) is 82.6 Å². The third-order valence-electron chi connectivity index (χ3n) is 5.73. The number of primary amides is 1. The van der Waals surface area contributed by atoms with Gasteiger partial charge in [0.1, 0.15) is 11.5 Å². The van der Waals surface area contributed by atoms with Crippen LogP contribution >= 0.6 is 0 Å². The van der Waals surface area contributed by atoms with Gasteiger partial charge in [-0.2, -0.15) is 0 Å². The number of carbonyl (C=O) groups excluding carboxylic acids is 1. The van der Waals surface area contributed by atoms with Crippen molar-refractivity contribution in [1.29, 1.82) is 0 Å². The number of rotatable bonds is 7. The lowest BCUT2D eigenvalue weighted by Gasteiger charge is -2.13. The first kappa shape index (κ1) is 23.2. The minimum Gasteiger partial charge on any atom is -0.364 e. The maximum atomic E-state index is 13.2. The van der Waals surface area contributed by atoms with Crippen LogP contribution in [0, 0.1) is 27.7 Å². The second kappa shape index (κ2) is 8.79. The zero-order valence-corrected chi connectivity index (χ0v) is 20.1. The van der Waals surface area contributed by atoms with E-state index in [0.717, 1.165) is 11.1 Å². The van der Waals surface area contributed by atoms with Crippen LogP contribution in [-0.2, 0) is 16.6 Å². The van der Waals surface area contributed by atoms with Crippen LogP contribution in [0.3, 0.4) is 0 Å². The van der Waals surface area contributed by atoms with E-state index in [1.165, 1.54) is 0 Å². The van der Waals surface area contributed by atoms with Gasteiger partial charge in [-0.15, -0.1) is 0 Å². The molecule has 3 N–H and O–H groups in total. The molecule has 2 heterocycles. The van der Waals surface area contributed by atoms with Crippen LogP contribution in [0.2, 0.25) is 0 Å². The molecule has 0 radical (unpaired) electrons. The predicted octanol–water partition coefficient (Wildman–Crippen LogP) is 3.72. The monoisotopic (exact) mass is 479 g/mol. The van der Waals surface area contributed by atoms with E-state index in [4.69, 9.17) is 10.3 Å². The Balaban J connectivity index is 1.65. The fourth-order valence-corrected chi connectivity index (χ4v) is 5.09. The number of amides is 1. The molecule has 10 heteroatoms. The van der Waals surface area contributed by atoms with Gasteiger partial charge in [-0.1, -0.05) is 47.6 Å². The van der Waals surface area contributed by atoms with Gasteiger partial charge in [0.2, 0.25) is 5.88 Å². The summed E-state index contributed by atoms with van der Waals surface area (Å²) >= 11 is 0. The van der Waals surface area contributed by atoms with Gasteiger partial charge in [-0.25, -0.2) is 18.1 Å². The summed E-state index contributed by atoms with van der Waals surface area (Å²) in [4.78, 5) is 16.3. The molecule has 2 aromatic carbocycles. The van der Waals surface area contributed by atoms with Crippen molar-refractivity contribution in [2.24, 2.45) is 5.73 Å². The number of benzene rings is 2. The molecule has 0 fully saturated rings. The summed E-state index contributed by atoms with van der Waals surface area (Å²) in [6.45, 7) is 7.46. The molecule has 4 aromatic rings. The Bertz CT molecular complexity index is 1480. The quantitative estimate of drug-likeness (QED) is 0.415. The summed E-state index contributed by atoms with van der Waals surface area (Å²) in [6.07, 6.45) is 0. The molecule has 176 valence electrons. The molecule has 0 aliphatic heterocycles. The minimum atomic E-state index is -3.93. The van der Waals surface area contributed by atoms with Crippen molar-refractivity contribution in [1.82, 2.24) is 14.7 Å². The van der Waals surface area contributed by atoms with Crippen LogP contribution < -0.4 is 10.5 Å². The van der Waals surface area contributed by atoms with Gasteiger partial charge in [-0.05, 0) is 44.9 Å². The van der Waals surface area contributed by atoms with Crippen LogP contribution in [0.15, 0.2) is 57.9 Å². The van der Waals surface area contributed by atoms with Crippen LogP contribution in [0.1, 0.15) is 38.8 Å². The van der Waals surface area contributed by atoms with Crippen molar-refractivity contribution in [2.75, 3.05) is 4.72 Å². The predicted molar refractivity (Wildman–Crippen MR) is 128 cm³/mol. The van der Waals surface area contributed by atoms with Gasteiger partial charge in [0.15, 0.2) is 0 Å². The summed E-state index contributed by atoms with van der Waals surface area (Å²) in [7, 11) is -3.93. The number of nitrogens with one attached hydrogen (secondary N) is 1. The van der Waals surface area contributed by atoms with E-state index in [2.05, 4.69) is 14.9 Å². The maximum absolute atomic E-state index is 13.2. The van der Waals surface area contributed by atoms with E-state index in [1.807, 2.05) is 31.2 Å². The van der Waals surface area contributed by atoms with Crippen LogP contribution in [0.25, 0.3) is 11.1 Å². The Morgan fingerprint density at radius 3 is 2.32 bits per heavy atom. The highest BCUT2D eigenvalue weighted by Gasteiger charge is 2.23. The zero-order valence-electron chi connectivity index (χ0n) is 19.3. The van der Waals surface area contributed by atoms with E-state index in [9.17, 15) is 13.2 Å². The Morgan fingerprint density at radius 1 is 1.03 bits per heavy atom. The van der Waals surface area contributed by atoms with Crippen molar-refractivity contribution in [2.45, 2.75) is 39.1 Å². The van der Waals surface area contributed by atoms with Crippen molar-refractivity contribution < 1.29 is 17.7 Å². The molecular weight excluding hydrogens is 454 g/mol. The van der Waals surface area contributed by atoms with E-state index in [1.54, 1.807) is 49.6 Å². The number of sulfonamides is 1. The number of imidazole rings is 1. The van der Waals surface area contributed by atoms with Crippen LogP contribution in [0.4, 0.5) is 5.88 Å². The van der Waals surface area contributed by atoms with Crippen LogP contribution in [-0.4, -0.2) is 29.0 Å². The lowest BCUT2D eigenvalue weighted by molar-refractivity contribution is 0.0991. The highest BCUT2D eigenvalue weighted by Crippen LogP contribution is 2.30. The third kappa shape index (κ3) is 4.32. The Morgan fingerprint density at radius 2 is 1.71 bits per heavy atom. The Hall–Kier alpha value is -3.92. The summed E-state index contributed by atoms with van der Waals surface area (Å²) in [5.74, 6) is 0.258. The van der Waals surface area contributed by atoms with Gasteiger partial charge in [-0.3, -0.25) is 4.79 Å². The molecule has 0 atom stereocenters. The Kier molecular flexibility index (Phi) is 6.01. The van der Waals surface area contributed by atoms with E-state index in [0.29, 0.717) is 40.6 Å². The van der Waals surface area contributed by atoms with Crippen molar-refractivity contribution >= 4 is 21.8 Å². The van der Waals surface area contributed by atoms with Crippen molar-refractivity contribution in [3.8, 4) is 11.1 Å². The van der Waals surface area contributed by atoms with Crippen molar-refractivity contribution in [3.63, 3.8) is 0 Å². The molecule has 0 unspecified atom stereocenters. The standard InChI is InChI=1S/C24H25N5O4S/c1-14-15(2)27-33-24(14)28-34(31,32)21-8-6-5-7-20(21)19-11-9-18(10-12-19)13-29-17(4)26-16(3)22(29)23(25)30/h5-12,28H,13H2,1-4H3,(H2,25,30). The first-order valence-corrected chi connectivity index (χ1v) is 12.0. The fourth-order valence-electron chi connectivity index (χ4n) is 3.82. The molecule has 4 rings (SSSR count). The second-order valence-electron chi connectivity index (χ2n) is 8.06. The van der Waals surface area contributed by atoms with Gasteiger partial charge in [0.25, 0.3) is 15.9 Å². The molecule has 1 amide bonds. The number of aryl methyl sites for hydroxylation is 3. The Labute approximate surface area is 197 Å². The summed E-state index contributed by atoms with van der Waals surface area (Å²) in [5.41, 5.74) is 9.93. The number of anilines is 1. The highest BCUT2D eigenvalue weighted by atomic mass is 32.2. The van der Waals surface area contributed by atoms with Gasteiger partial charge >= 0.3 is 0 Å². The number of nitrogens with zero attached hydrogens (tertiary/aromatic N) is 3. The molecule has 0 aliphatic rings. The molecule has 9 nitrogen and oxygen atoms in total. The summed E-state index contributed by atoms with van der Waals surface area (Å²) in [6, 6.07) is 14.2. The summed E-state index contributed by atoms with van der Waals surface area (Å²) < 4.78 is 35.7. The first-order valence-electron chi connectivity index (χ1n) is 10.6. The van der Waals surface area contributed by atoms with Gasteiger partial charge < -0.3 is 14.8 Å². The molecule has 34 heavy (non-hydrogen) atoms. The lowest BCUT2D eigenvalue weighted by Crippen LogP contribution is -2.19. The lowest BCUT2D eigenvalue weighted by atomic mass is 10.0. The van der Waals surface area contributed by atoms with Crippen LogP contribution in [0.5, 0.6) is 0 Å². The highest BCUT2D eigenvalue weighted by molar-refractivity contribution is 7.92. The fraction of sp³-hybridized carbons (Fsp3) is 0.208. The van der Waals surface area contributed by atoms with E-state index < -0.39 is 15.9 Å². The third-order valence-corrected chi connectivity index (χ3v) is 7.12. The first-order chi connectivity index (χ1) is 16.1. The molecule has 2 aromatic heterocycles. The number of nitrogens with two attached hydrogens (primary N) is 1. The molecule has 0 saturated carbocycles. The molecule has 0 spiro atoms. The zero-order chi connectivity index (χ0) is 24.6. The smallest absolute Gasteiger partial charge is 0.267 e. The molecule has 0 saturated heterocycles. The maximum Gasteiger partial charge on any atom is 0.267 e. The second-order valence-corrected chi connectivity index (χ2v) is 9.71. The molecule has 0 bridgehead atoms. The largest absolute Gasteiger partial charge is 0.364 e. The molecule has 0 aliphatic carbocycles. The molecular formula is C24H25N5O4S. The summed E-state index contributed by atoms with van der Waals surface area (Å²) in [5, 5.41) is 3.81. The number of aromatic nitrogens is 3. The topological polar surface area (TPSA) is 133 Å². The normalized spacial score (nSPS) is 11.5. The van der Waals surface area contributed by atoms with Gasteiger partial charge in [0.05, 0.1) is 16.3 Å². The van der Waals surface area contributed by atoms with E-state index in [-0.39, 0.29) is 10.8 Å². The number of hydrogen-bond acceptors (Lipinski definition) is 6. The number of hydrogen-bond donors (Lipinski definition) is 2. The van der Waals surface area contributed by atoms with Gasteiger partial charge in [0, 0.05) is 17.7 Å². The average molecular weight is 480 g/mol. The average Bonchev–Trinajstić information content (AvgIpc) is 3.26. The number of carbonyl (C=O) groups is 1. The van der Waals surface area contributed by atoms with E-state index >= 15 is 0 Å².